The van der Waals surface area contributed by atoms with Crippen LogP contribution in [-0.4, -0.2) is 21.3 Å². The lowest BCUT2D eigenvalue weighted by atomic mass is 10.2. The summed E-state index contributed by atoms with van der Waals surface area (Å²) in [6.07, 6.45) is 3.67. The number of fused-ring (bicyclic) bond motifs is 1. The molecular formula is C14H14N4. The van der Waals surface area contributed by atoms with Gasteiger partial charge in [-0.2, -0.15) is 5.10 Å². The molecule has 0 aliphatic heterocycles. The number of benzene rings is 1. The summed E-state index contributed by atoms with van der Waals surface area (Å²) in [5.41, 5.74) is 2.12. The zero-order chi connectivity index (χ0) is 12.4. The fraction of sp³-hybridized carbons (Fsp3) is 0.143. The van der Waals surface area contributed by atoms with E-state index in [1.165, 1.54) is 0 Å². The van der Waals surface area contributed by atoms with Gasteiger partial charge in [-0.25, -0.2) is 9.67 Å². The highest BCUT2D eigenvalue weighted by molar-refractivity contribution is 5.80. The Hall–Kier alpha value is -2.36. The molecule has 0 bridgehead atoms. The molecule has 0 atom stereocenters. The lowest BCUT2D eigenvalue weighted by Crippen LogP contribution is -2.02. The van der Waals surface area contributed by atoms with Gasteiger partial charge in [0.15, 0.2) is 0 Å². The molecular weight excluding hydrogens is 224 g/mol. The molecule has 1 N–H and O–H groups in total. The summed E-state index contributed by atoms with van der Waals surface area (Å²) < 4.78 is 1.93. The number of nitrogens with zero attached hydrogens (tertiary/aromatic N) is 3. The molecule has 2 heterocycles. The zero-order valence-electron chi connectivity index (χ0n) is 10.2. The van der Waals surface area contributed by atoms with Gasteiger partial charge in [0.2, 0.25) is 0 Å². The molecule has 0 spiro atoms. The van der Waals surface area contributed by atoms with Crippen LogP contribution < -0.4 is 5.32 Å². The van der Waals surface area contributed by atoms with Crippen molar-refractivity contribution >= 4 is 16.7 Å². The summed E-state index contributed by atoms with van der Waals surface area (Å²) in [6.45, 7) is 2.91. The molecule has 2 aromatic heterocycles. The van der Waals surface area contributed by atoms with E-state index in [0.717, 1.165) is 29.0 Å². The second-order valence-electron chi connectivity index (χ2n) is 4.04. The van der Waals surface area contributed by atoms with E-state index >= 15 is 0 Å². The molecule has 0 fully saturated rings. The predicted octanol–water partition coefficient (Wildman–Crippen LogP) is 2.85. The first-order valence-electron chi connectivity index (χ1n) is 6.01. The van der Waals surface area contributed by atoms with E-state index in [9.17, 15) is 0 Å². The SMILES string of the molecule is CCNc1cc(-n2ncc3ccccc32)ccn1. The lowest BCUT2D eigenvalue weighted by molar-refractivity contribution is 0.907. The molecule has 0 saturated carbocycles. The Balaban J connectivity index is 2.11. The molecule has 4 heteroatoms. The number of pyridine rings is 1. The third kappa shape index (κ3) is 1.82. The number of anilines is 1. The van der Waals surface area contributed by atoms with Crippen molar-refractivity contribution in [2.75, 3.05) is 11.9 Å². The van der Waals surface area contributed by atoms with Crippen LogP contribution in [0.3, 0.4) is 0 Å². The average molecular weight is 238 g/mol. The molecule has 0 unspecified atom stereocenters. The normalized spacial score (nSPS) is 10.7. The maximum Gasteiger partial charge on any atom is 0.128 e. The first-order chi connectivity index (χ1) is 8.88. The quantitative estimate of drug-likeness (QED) is 0.763. The highest BCUT2D eigenvalue weighted by atomic mass is 15.3. The van der Waals surface area contributed by atoms with Crippen molar-refractivity contribution in [2.24, 2.45) is 0 Å². The van der Waals surface area contributed by atoms with E-state index in [2.05, 4.69) is 34.5 Å². The molecule has 18 heavy (non-hydrogen) atoms. The Morgan fingerprint density at radius 3 is 3.00 bits per heavy atom. The molecule has 3 aromatic rings. The second-order valence-corrected chi connectivity index (χ2v) is 4.04. The van der Waals surface area contributed by atoms with Gasteiger partial charge in [0.25, 0.3) is 0 Å². The topological polar surface area (TPSA) is 42.7 Å². The van der Waals surface area contributed by atoms with E-state index < -0.39 is 0 Å². The standard InChI is InChI=1S/C14H14N4/c1-2-15-14-9-12(7-8-16-14)18-13-6-4-3-5-11(13)10-17-18/h3-10H,2H2,1H3,(H,15,16). The van der Waals surface area contributed by atoms with Crippen molar-refractivity contribution in [3.63, 3.8) is 0 Å². The van der Waals surface area contributed by atoms with Gasteiger partial charge >= 0.3 is 0 Å². The van der Waals surface area contributed by atoms with E-state index in [4.69, 9.17) is 0 Å². The molecule has 1 aromatic carbocycles. The van der Waals surface area contributed by atoms with Crippen LogP contribution in [0.25, 0.3) is 16.6 Å². The summed E-state index contributed by atoms with van der Waals surface area (Å²) in [4.78, 5) is 4.27. The molecule has 0 aliphatic rings. The van der Waals surface area contributed by atoms with Crippen molar-refractivity contribution in [1.29, 1.82) is 0 Å². The van der Waals surface area contributed by atoms with E-state index in [1.807, 2.05) is 35.1 Å². The Morgan fingerprint density at radius 2 is 2.11 bits per heavy atom. The maximum absolute atomic E-state index is 4.43. The van der Waals surface area contributed by atoms with Crippen molar-refractivity contribution in [1.82, 2.24) is 14.8 Å². The van der Waals surface area contributed by atoms with Crippen molar-refractivity contribution in [2.45, 2.75) is 6.92 Å². The molecule has 0 saturated heterocycles. The minimum absolute atomic E-state index is 0.857. The van der Waals surface area contributed by atoms with Gasteiger partial charge in [-0.05, 0) is 19.1 Å². The van der Waals surface area contributed by atoms with E-state index in [0.29, 0.717) is 0 Å². The van der Waals surface area contributed by atoms with Crippen molar-refractivity contribution in [3.05, 3.63) is 48.8 Å². The lowest BCUT2D eigenvalue weighted by Gasteiger charge is -2.06. The van der Waals surface area contributed by atoms with Crippen LogP contribution in [0.1, 0.15) is 6.92 Å². The smallest absolute Gasteiger partial charge is 0.128 e. The van der Waals surface area contributed by atoms with E-state index in [-0.39, 0.29) is 0 Å². The predicted molar refractivity (Wildman–Crippen MR) is 73.0 cm³/mol. The van der Waals surface area contributed by atoms with Crippen LogP contribution in [0.2, 0.25) is 0 Å². The molecule has 90 valence electrons. The van der Waals surface area contributed by atoms with Crippen LogP contribution in [0, 0.1) is 0 Å². The summed E-state index contributed by atoms with van der Waals surface area (Å²) in [6, 6.07) is 12.1. The second kappa shape index (κ2) is 4.49. The average Bonchev–Trinajstić information content (AvgIpc) is 2.83. The van der Waals surface area contributed by atoms with Gasteiger partial charge < -0.3 is 5.32 Å². The van der Waals surface area contributed by atoms with Crippen LogP contribution in [-0.2, 0) is 0 Å². The number of nitrogens with one attached hydrogen (secondary N) is 1. The summed E-state index contributed by atoms with van der Waals surface area (Å²) in [5, 5.41) is 8.77. The first kappa shape index (κ1) is 10.8. The monoisotopic (exact) mass is 238 g/mol. The number of hydrogen-bond acceptors (Lipinski definition) is 3. The van der Waals surface area contributed by atoms with Crippen LogP contribution in [0.15, 0.2) is 48.8 Å². The van der Waals surface area contributed by atoms with Crippen LogP contribution in [0.4, 0.5) is 5.82 Å². The third-order valence-electron chi connectivity index (χ3n) is 2.82. The molecule has 4 nitrogen and oxygen atoms in total. The Labute approximate surface area is 105 Å². The van der Waals surface area contributed by atoms with Gasteiger partial charge in [0.05, 0.1) is 17.4 Å². The number of aromatic nitrogens is 3. The number of para-hydroxylation sites is 1. The third-order valence-corrected chi connectivity index (χ3v) is 2.82. The van der Waals surface area contributed by atoms with E-state index in [1.54, 1.807) is 6.20 Å². The molecule has 0 amide bonds. The highest BCUT2D eigenvalue weighted by Crippen LogP contribution is 2.18. The summed E-state index contributed by atoms with van der Waals surface area (Å²) >= 11 is 0. The number of hydrogen-bond donors (Lipinski definition) is 1. The summed E-state index contributed by atoms with van der Waals surface area (Å²) in [5.74, 6) is 0.870. The zero-order valence-corrected chi connectivity index (χ0v) is 10.2. The Bertz CT molecular complexity index is 672. The fourth-order valence-electron chi connectivity index (χ4n) is 2.01. The minimum Gasteiger partial charge on any atom is -0.370 e. The van der Waals surface area contributed by atoms with Crippen molar-refractivity contribution < 1.29 is 0 Å². The van der Waals surface area contributed by atoms with Gasteiger partial charge in [-0.3, -0.25) is 0 Å². The molecule has 0 aliphatic carbocycles. The van der Waals surface area contributed by atoms with Crippen LogP contribution >= 0.6 is 0 Å². The van der Waals surface area contributed by atoms with Gasteiger partial charge in [-0.15, -0.1) is 0 Å². The van der Waals surface area contributed by atoms with Gasteiger partial charge in [0, 0.05) is 24.2 Å². The largest absolute Gasteiger partial charge is 0.370 e. The van der Waals surface area contributed by atoms with Crippen molar-refractivity contribution in [3.8, 4) is 5.69 Å². The summed E-state index contributed by atoms with van der Waals surface area (Å²) in [7, 11) is 0. The maximum atomic E-state index is 4.43. The van der Waals surface area contributed by atoms with Crippen LogP contribution in [0.5, 0.6) is 0 Å². The molecule has 0 radical (unpaired) electrons. The Morgan fingerprint density at radius 1 is 1.22 bits per heavy atom. The van der Waals surface area contributed by atoms with Gasteiger partial charge in [-0.1, -0.05) is 18.2 Å². The Kier molecular flexibility index (Phi) is 2.68. The minimum atomic E-state index is 0.857. The van der Waals surface area contributed by atoms with Gasteiger partial charge in [0.1, 0.15) is 5.82 Å². The highest BCUT2D eigenvalue weighted by Gasteiger charge is 2.04. The first-order valence-corrected chi connectivity index (χ1v) is 6.01. The number of rotatable bonds is 3. The fourth-order valence-corrected chi connectivity index (χ4v) is 2.01. The molecule has 3 rings (SSSR count).